The maximum Gasteiger partial charge on any atom is 0.242 e. The molecule has 5 heteroatoms. The quantitative estimate of drug-likeness (QED) is 0.341. The fourth-order valence-electron chi connectivity index (χ4n) is 3.33. The zero-order valence-electron chi connectivity index (χ0n) is 18.3. The Labute approximate surface area is 180 Å². The molecule has 1 aromatic heterocycles. The second-order valence-electron chi connectivity index (χ2n) is 7.62. The molecule has 2 amide bonds. The summed E-state index contributed by atoms with van der Waals surface area (Å²) in [6, 6.07) is 13.6. The molecule has 1 heterocycles. The number of furan rings is 1. The highest BCUT2D eigenvalue weighted by Gasteiger charge is 2.21. The molecule has 0 unspecified atom stereocenters. The number of carbonyl (C=O) groups excluding carboxylic acids is 2. The van der Waals surface area contributed by atoms with Crippen LogP contribution < -0.4 is 0 Å². The van der Waals surface area contributed by atoms with E-state index in [-0.39, 0.29) is 18.4 Å². The van der Waals surface area contributed by atoms with Gasteiger partial charge in [0.15, 0.2) is 0 Å². The van der Waals surface area contributed by atoms with Crippen LogP contribution in [0, 0.1) is 6.92 Å². The molecule has 0 aliphatic rings. The molecule has 30 heavy (non-hydrogen) atoms. The lowest BCUT2D eigenvalue weighted by molar-refractivity contribution is -0.141. The van der Waals surface area contributed by atoms with Gasteiger partial charge in [0.05, 0.1) is 6.54 Å². The summed E-state index contributed by atoms with van der Waals surface area (Å²) in [7, 11) is 0. The Hall–Kier alpha value is -2.82. The summed E-state index contributed by atoms with van der Waals surface area (Å²) in [4.78, 5) is 29.2. The van der Waals surface area contributed by atoms with E-state index in [9.17, 15) is 9.59 Å². The van der Waals surface area contributed by atoms with Gasteiger partial charge in [0.2, 0.25) is 11.8 Å². The van der Waals surface area contributed by atoms with Crippen LogP contribution in [-0.4, -0.2) is 34.7 Å². The number of benzene rings is 1. The van der Waals surface area contributed by atoms with Crippen LogP contribution in [0.4, 0.5) is 0 Å². The molecule has 1 aromatic carbocycles. The fourth-order valence-corrected chi connectivity index (χ4v) is 3.33. The number of hydrogen-bond acceptors (Lipinski definition) is 3. The van der Waals surface area contributed by atoms with Crippen LogP contribution in [0.2, 0.25) is 0 Å². The molecule has 2 rings (SSSR count). The summed E-state index contributed by atoms with van der Waals surface area (Å²) in [5.41, 5.74) is 1.04. The number of rotatable bonds is 13. The van der Waals surface area contributed by atoms with Crippen molar-refractivity contribution in [3.05, 3.63) is 72.2 Å². The van der Waals surface area contributed by atoms with Gasteiger partial charge in [0.25, 0.3) is 0 Å². The minimum absolute atomic E-state index is 0.00728. The summed E-state index contributed by atoms with van der Waals surface area (Å²) in [6.07, 6.45) is 6.29. The van der Waals surface area contributed by atoms with Crippen molar-refractivity contribution in [3.63, 3.8) is 0 Å². The third kappa shape index (κ3) is 7.90. The average molecular weight is 411 g/mol. The van der Waals surface area contributed by atoms with Gasteiger partial charge in [0.1, 0.15) is 18.1 Å². The van der Waals surface area contributed by atoms with E-state index in [1.807, 2.05) is 49.4 Å². The zero-order chi connectivity index (χ0) is 21.8. The van der Waals surface area contributed by atoms with Gasteiger partial charge in [-0.25, -0.2) is 0 Å². The largest absolute Gasteiger partial charge is 0.464 e. The molecule has 0 spiro atoms. The van der Waals surface area contributed by atoms with Gasteiger partial charge in [-0.05, 0) is 31.0 Å². The topological polar surface area (TPSA) is 53.8 Å². The maximum atomic E-state index is 13.2. The predicted octanol–water partition coefficient (Wildman–Crippen LogP) is 5.10. The number of hydrogen-bond donors (Lipinski definition) is 0. The molecule has 0 radical (unpaired) electrons. The maximum absolute atomic E-state index is 13.2. The Morgan fingerprint density at radius 3 is 2.37 bits per heavy atom. The first kappa shape index (κ1) is 23.5. The first-order valence-electron chi connectivity index (χ1n) is 10.8. The highest BCUT2D eigenvalue weighted by molar-refractivity contribution is 5.85. The van der Waals surface area contributed by atoms with Gasteiger partial charge in [-0.2, -0.15) is 0 Å². The molecule has 0 saturated carbocycles. The Bertz CT molecular complexity index is 798. The second-order valence-corrected chi connectivity index (χ2v) is 7.62. The fraction of sp³-hybridized carbons (Fsp3) is 0.440. The zero-order valence-corrected chi connectivity index (χ0v) is 18.3. The number of nitrogens with zero attached hydrogens (tertiary/aromatic N) is 2. The summed E-state index contributed by atoms with van der Waals surface area (Å²) in [5, 5.41) is 0. The molecule has 0 bridgehead atoms. The van der Waals surface area contributed by atoms with Gasteiger partial charge >= 0.3 is 0 Å². The molecular formula is C25H34N2O3. The molecule has 0 fully saturated rings. The molecule has 0 N–H and O–H groups in total. The van der Waals surface area contributed by atoms with Gasteiger partial charge in [-0.1, -0.05) is 62.6 Å². The molecule has 5 nitrogen and oxygen atoms in total. The lowest BCUT2D eigenvalue weighted by Gasteiger charge is -2.27. The van der Waals surface area contributed by atoms with Crippen molar-refractivity contribution in [1.82, 2.24) is 9.80 Å². The lowest BCUT2D eigenvalue weighted by atomic mass is 10.1. The highest BCUT2D eigenvalue weighted by atomic mass is 16.3. The van der Waals surface area contributed by atoms with Crippen molar-refractivity contribution in [2.24, 2.45) is 0 Å². The van der Waals surface area contributed by atoms with Gasteiger partial charge in [-0.3, -0.25) is 9.59 Å². The minimum Gasteiger partial charge on any atom is -0.464 e. The van der Waals surface area contributed by atoms with Crippen LogP contribution in [0.1, 0.15) is 56.1 Å². The molecule has 0 aliphatic heterocycles. The van der Waals surface area contributed by atoms with Crippen molar-refractivity contribution in [2.75, 3.05) is 13.1 Å². The summed E-state index contributed by atoms with van der Waals surface area (Å²) >= 11 is 0. The molecule has 0 saturated heterocycles. The van der Waals surface area contributed by atoms with E-state index in [2.05, 4.69) is 13.5 Å². The van der Waals surface area contributed by atoms with E-state index in [4.69, 9.17) is 4.42 Å². The summed E-state index contributed by atoms with van der Waals surface area (Å²) in [5.74, 6) is 1.45. The van der Waals surface area contributed by atoms with Crippen LogP contribution in [0.25, 0.3) is 0 Å². The standard InChI is InChI=1S/C25H34N2O3/c1-4-6-7-11-14-24(28)26(17-5-2)20-25(29)27(18-22-12-9-8-10-13-22)19-23-16-15-21(3)30-23/h5,8-10,12-13,15-16H,2,4,6-7,11,14,17-20H2,1,3H3. The van der Waals surface area contributed by atoms with Crippen molar-refractivity contribution < 1.29 is 14.0 Å². The molecule has 0 atom stereocenters. The van der Waals surface area contributed by atoms with Crippen LogP contribution in [0.15, 0.2) is 59.5 Å². The van der Waals surface area contributed by atoms with E-state index < -0.39 is 0 Å². The van der Waals surface area contributed by atoms with E-state index >= 15 is 0 Å². The van der Waals surface area contributed by atoms with Crippen LogP contribution in [0.3, 0.4) is 0 Å². The summed E-state index contributed by atoms with van der Waals surface area (Å²) in [6.45, 7) is 9.03. The Kier molecular flexibility index (Phi) is 9.92. The molecule has 2 aromatic rings. The predicted molar refractivity (Wildman–Crippen MR) is 120 cm³/mol. The van der Waals surface area contributed by atoms with Gasteiger partial charge in [-0.15, -0.1) is 6.58 Å². The van der Waals surface area contributed by atoms with Crippen LogP contribution in [0.5, 0.6) is 0 Å². The third-order valence-electron chi connectivity index (χ3n) is 4.98. The first-order chi connectivity index (χ1) is 14.5. The van der Waals surface area contributed by atoms with Gasteiger partial charge in [0, 0.05) is 19.5 Å². The van der Waals surface area contributed by atoms with E-state index in [1.54, 1.807) is 15.9 Å². The van der Waals surface area contributed by atoms with Crippen molar-refractivity contribution >= 4 is 11.8 Å². The van der Waals surface area contributed by atoms with Crippen molar-refractivity contribution in [3.8, 4) is 0 Å². The van der Waals surface area contributed by atoms with Gasteiger partial charge < -0.3 is 14.2 Å². The van der Waals surface area contributed by atoms with E-state index in [0.29, 0.717) is 26.1 Å². The first-order valence-corrected chi connectivity index (χ1v) is 10.8. The summed E-state index contributed by atoms with van der Waals surface area (Å²) < 4.78 is 5.69. The van der Waals surface area contributed by atoms with Crippen molar-refractivity contribution in [2.45, 2.75) is 59.0 Å². The smallest absolute Gasteiger partial charge is 0.242 e. The molecule has 0 aliphatic carbocycles. The van der Waals surface area contributed by atoms with E-state index in [1.165, 1.54) is 0 Å². The minimum atomic E-state index is -0.100. The Balaban J connectivity index is 2.07. The lowest BCUT2D eigenvalue weighted by Crippen LogP contribution is -2.42. The number of aryl methyl sites for hydroxylation is 1. The van der Waals surface area contributed by atoms with Crippen molar-refractivity contribution in [1.29, 1.82) is 0 Å². The van der Waals surface area contributed by atoms with Crippen LogP contribution >= 0.6 is 0 Å². The number of unbranched alkanes of at least 4 members (excludes halogenated alkanes) is 3. The Morgan fingerprint density at radius 1 is 0.967 bits per heavy atom. The number of carbonyl (C=O) groups is 2. The normalized spacial score (nSPS) is 10.6. The monoisotopic (exact) mass is 410 g/mol. The third-order valence-corrected chi connectivity index (χ3v) is 4.98. The average Bonchev–Trinajstić information content (AvgIpc) is 3.15. The number of amides is 2. The van der Waals surface area contributed by atoms with Crippen LogP contribution in [-0.2, 0) is 22.7 Å². The molecule has 162 valence electrons. The Morgan fingerprint density at radius 2 is 1.73 bits per heavy atom. The SMILES string of the molecule is C=CCN(CC(=O)N(Cc1ccccc1)Cc1ccc(C)o1)C(=O)CCCCCC. The highest BCUT2D eigenvalue weighted by Crippen LogP contribution is 2.14. The van der Waals surface area contributed by atoms with E-state index in [0.717, 1.165) is 42.8 Å². The molecular weight excluding hydrogens is 376 g/mol. The second kappa shape index (κ2) is 12.7.